The molecule has 0 aliphatic carbocycles. The molecule has 1 atom stereocenters. The van der Waals surface area contributed by atoms with Crippen LogP contribution >= 0.6 is 0 Å². The van der Waals surface area contributed by atoms with E-state index in [1.54, 1.807) is 0 Å². The Morgan fingerprint density at radius 3 is 2.45 bits per heavy atom. The number of anilines is 1. The predicted octanol–water partition coefficient (Wildman–Crippen LogP) is 4.23. The highest BCUT2D eigenvalue weighted by atomic mass is 16.7. The van der Waals surface area contributed by atoms with E-state index in [9.17, 15) is 4.79 Å². The smallest absolute Gasteiger partial charge is 0.241 e. The third kappa shape index (κ3) is 4.87. The molecule has 0 bridgehead atoms. The summed E-state index contributed by atoms with van der Waals surface area (Å²) < 4.78 is 10.9. The van der Waals surface area contributed by atoms with Crippen LogP contribution in [0, 0.1) is 0 Å². The van der Waals surface area contributed by atoms with Crippen molar-refractivity contribution in [1.82, 2.24) is 9.80 Å². The van der Waals surface area contributed by atoms with Gasteiger partial charge in [-0.2, -0.15) is 0 Å². The Balaban J connectivity index is 1.17. The molecule has 0 saturated carbocycles. The van der Waals surface area contributed by atoms with Crippen LogP contribution in [0.5, 0.6) is 11.5 Å². The lowest BCUT2D eigenvalue weighted by molar-refractivity contribution is -0.121. The van der Waals surface area contributed by atoms with Gasteiger partial charge in [-0.25, -0.2) is 0 Å². The number of nitrogens with zero attached hydrogens (tertiary/aromatic N) is 2. The van der Waals surface area contributed by atoms with E-state index < -0.39 is 0 Å². The molecule has 0 aromatic heterocycles. The molecule has 2 aliphatic heterocycles. The molecule has 6 nitrogen and oxygen atoms in total. The fourth-order valence-electron chi connectivity index (χ4n) is 4.47. The number of hydrogen-bond donors (Lipinski definition) is 1. The van der Waals surface area contributed by atoms with Gasteiger partial charge < -0.3 is 14.8 Å². The molecule has 2 aliphatic rings. The monoisotopic (exact) mass is 443 g/mol. The minimum absolute atomic E-state index is 0.0302. The third-order valence-electron chi connectivity index (χ3n) is 6.45. The first-order chi connectivity index (χ1) is 16.2. The summed E-state index contributed by atoms with van der Waals surface area (Å²) >= 11 is 0. The van der Waals surface area contributed by atoms with Crippen LogP contribution in [0.3, 0.4) is 0 Å². The van der Waals surface area contributed by atoms with E-state index >= 15 is 0 Å². The van der Waals surface area contributed by atoms with E-state index in [0.29, 0.717) is 6.79 Å². The molecular formula is C27H29N3O3. The highest BCUT2D eigenvalue weighted by Gasteiger charge is 2.26. The Hall–Kier alpha value is -3.35. The van der Waals surface area contributed by atoms with Crippen LogP contribution in [-0.2, 0) is 11.3 Å². The number of carbonyl (C=O) groups is 1. The first-order valence-corrected chi connectivity index (χ1v) is 11.5. The van der Waals surface area contributed by atoms with Crippen molar-refractivity contribution in [3.05, 3.63) is 78.4 Å². The summed E-state index contributed by atoms with van der Waals surface area (Å²) in [5, 5.41) is 3.16. The fourth-order valence-corrected chi connectivity index (χ4v) is 4.47. The van der Waals surface area contributed by atoms with Crippen molar-refractivity contribution in [2.45, 2.75) is 19.5 Å². The normalized spacial score (nSPS) is 17.0. The maximum atomic E-state index is 13.1. The van der Waals surface area contributed by atoms with E-state index in [2.05, 4.69) is 39.4 Å². The quantitative estimate of drug-likeness (QED) is 0.618. The minimum atomic E-state index is -0.193. The highest BCUT2D eigenvalue weighted by Crippen LogP contribution is 2.33. The van der Waals surface area contributed by atoms with E-state index in [4.69, 9.17) is 9.47 Å². The third-order valence-corrected chi connectivity index (χ3v) is 6.45. The summed E-state index contributed by atoms with van der Waals surface area (Å²) in [5.41, 5.74) is 4.20. The van der Waals surface area contributed by atoms with Gasteiger partial charge in [-0.05, 0) is 36.2 Å². The van der Waals surface area contributed by atoms with Crippen molar-refractivity contribution in [2.75, 3.05) is 38.3 Å². The molecule has 1 amide bonds. The molecule has 6 heteroatoms. The van der Waals surface area contributed by atoms with Crippen molar-refractivity contribution >= 4 is 11.6 Å². The Morgan fingerprint density at radius 2 is 1.64 bits per heavy atom. The number of carbonyl (C=O) groups excluding carboxylic acids is 1. The van der Waals surface area contributed by atoms with Crippen LogP contribution in [0.1, 0.15) is 12.5 Å². The molecule has 170 valence electrons. The molecule has 1 saturated heterocycles. The van der Waals surface area contributed by atoms with Gasteiger partial charge in [0.2, 0.25) is 12.7 Å². The SMILES string of the molecule is C[C@@H](C(=O)Nc1ccccc1-c1ccccc1)N1CCN(Cc2ccc3c(c2)OCO3)CC1. The number of piperazine rings is 1. The molecule has 2 heterocycles. The van der Waals surface area contributed by atoms with Crippen LogP contribution < -0.4 is 14.8 Å². The topological polar surface area (TPSA) is 54.0 Å². The maximum absolute atomic E-state index is 13.1. The van der Waals surface area contributed by atoms with Crippen LogP contribution in [0.25, 0.3) is 11.1 Å². The Morgan fingerprint density at radius 1 is 0.909 bits per heavy atom. The van der Waals surface area contributed by atoms with Crippen LogP contribution in [0.2, 0.25) is 0 Å². The molecule has 3 aromatic carbocycles. The average molecular weight is 444 g/mol. The summed E-state index contributed by atoms with van der Waals surface area (Å²) in [6.45, 7) is 6.73. The van der Waals surface area contributed by atoms with Crippen molar-refractivity contribution in [3.8, 4) is 22.6 Å². The standard InChI is InChI=1S/C27H29N3O3/c1-20(27(31)28-24-10-6-5-9-23(24)22-7-3-2-4-8-22)30-15-13-29(14-16-30)18-21-11-12-25-26(17-21)33-19-32-25/h2-12,17,20H,13-16,18-19H2,1H3,(H,28,31)/t20-/m0/s1. The zero-order valence-electron chi connectivity index (χ0n) is 18.9. The van der Waals surface area contributed by atoms with Gasteiger partial charge in [-0.15, -0.1) is 0 Å². The van der Waals surface area contributed by atoms with Gasteiger partial charge in [0.05, 0.1) is 6.04 Å². The number of rotatable bonds is 6. The number of nitrogens with one attached hydrogen (secondary N) is 1. The maximum Gasteiger partial charge on any atom is 0.241 e. The Kier molecular flexibility index (Phi) is 6.28. The fraction of sp³-hybridized carbons (Fsp3) is 0.296. The van der Waals surface area contributed by atoms with Crippen molar-refractivity contribution in [2.24, 2.45) is 0 Å². The molecule has 1 fully saturated rings. The highest BCUT2D eigenvalue weighted by molar-refractivity contribution is 5.98. The number of amides is 1. The van der Waals surface area contributed by atoms with Gasteiger partial charge in [-0.1, -0.05) is 54.6 Å². The summed E-state index contributed by atoms with van der Waals surface area (Å²) in [7, 11) is 0. The lowest BCUT2D eigenvalue weighted by Gasteiger charge is -2.37. The van der Waals surface area contributed by atoms with E-state index in [1.807, 2.05) is 55.5 Å². The van der Waals surface area contributed by atoms with Crippen molar-refractivity contribution in [3.63, 3.8) is 0 Å². The zero-order valence-corrected chi connectivity index (χ0v) is 18.9. The first kappa shape index (κ1) is 21.5. The molecular weight excluding hydrogens is 414 g/mol. The van der Waals surface area contributed by atoms with Gasteiger partial charge in [0.1, 0.15) is 0 Å². The molecule has 33 heavy (non-hydrogen) atoms. The number of para-hydroxylation sites is 1. The van der Waals surface area contributed by atoms with Gasteiger partial charge in [0.25, 0.3) is 0 Å². The second-order valence-electron chi connectivity index (χ2n) is 8.58. The summed E-state index contributed by atoms with van der Waals surface area (Å²) in [6.07, 6.45) is 0. The molecule has 0 radical (unpaired) electrons. The van der Waals surface area contributed by atoms with Gasteiger partial charge in [0.15, 0.2) is 11.5 Å². The van der Waals surface area contributed by atoms with Gasteiger partial charge in [0, 0.05) is 44.0 Å². The molecule has 0 unspecified atom stereocenters. The van der Waals surface area contributed by atoms with Crippen molar-refractivity contribution in [1.29, 1.82) is 0 Å². The van der Waals surface area contributed by atoms with E-state index in [-0.39, 0.29) is 11.9 Å². The van der Waals surface area contributed by atoms with Crippen LogP contribution in [-0.4, -0.2) is 54.7 Å². The second kappa shape index (κ2) is 9.65. The predicted molar refractivity (Wildman–Crippen MR) is 129 cm³/mol. The number of ether oxygens (including phenoxy) is 2. The van der Waals surface area contributed by atoms with Gasteiger partial charge in [-0.3, -0.25) is 14.6 Å². The summed E-state index contributed by atoms with van der Waals surface area (Å²) in [6, 6.07) is 24.1. The summed E-state index contributed by atoms with van der Waals surface area (Å²) in [4.78, 5) is 17.8. The van der Waals surface area contributed by atoms with E-state index in [1.165, 1.54) is 5.56 Å². The van der Waals surface area contributed by atoms with Crippen LogP contribution in [0.15, 0.2) is 72.8 Å². The first-order valence-electron chi connectivity index (χ1n) is 11.5. The second-order valence-corrected chi connectivity index (χ2v) is 8.58. The molecule has 1 N–H and O–H groups in total. The van der Waals surface area contributed by atoms with Crippen molar-refractivity contribution < 1.29 is 14.3 Å². The average Bonchev–Trinajstić information content (AvgIpc) is 3.33. The number of fused-ring (bicyclic) bond motifs is 1. The molecule has 3 aromatic rings. The molecule has 5 rings (SSSR count). The zero-order chi connectivity index (χ0) is 22.6. The Labute approximate surface area is 194 Å². The van der Waals surface area contributed by atoms with Crippen LogP contribution in [0.4, 0.5) is 5.69 Å². The lowest BCUT2D eigenvalue weighted by Crippen LogP contribution is -2.52. The summed E-state index contributed by atoms with van der Waals surface area (Å²) in [5.74, 6) is 1.67. The van der Waals surface area contributed by atoms with Gasteiger partial charge >= 0.3 is 0 Å². The number of benzene rings is 3. The number of hydrogen-bond acceptors (Lipinski definition) is 5. The Bertz CT molecular complexity index is 1110. The lowest BCUT2D eigenvalue weighted by atomic mass is 10.0. The minimum Gasteiger partial charge on any atom is -0.454 e. The van der Waals surface area contributed by atoms with E-state index in [0.717, 1.165) is 61.0 Å². The molecule has 0 spiro atoms. The largest absolute Gasteiger partial charge is 0.454 e.